The van der Waals surface area contributed by atoms with Gasteiger partial charge in [0, 0.05) is 11.1 Å². The predicted molar refractivity (Wildman–Crippen MR) is 99.3 cm³/mol. The normalized spacial score (nSPS) is 22.0. The molecule has 0 radical (unpaired) electrons. The third-order valence-corrected chi connectivity index (χ3v) is 5.86. The number of hydrogen-bond acceptors (Lipinski definition) is 6. The summed E-state index contributed by atoms with van der Waals surface area (Å²) in [6.45, 7) is 2.04. The maximum atomic E-state index is 11.5. The smallest absolute Gasteiger partial charge is 0.360 e. The largest absolute Gasteiger partial charge is 0.483 e. The lowest BCUT2D eigenvalue weighted by Crippen LogP contribution is -2.43. The van der Waals surface area contributed by atoms with Crippen LogP contribution in [0.25, 0.3) is 0 Å². The standard InChI is InChI=1S/C17H14Cl2N2O4S/c1-9(12-3-2-10(18)6-20-12)25-14-5-15-13(4-11(14)19)21(8-26-15)17(7-24-17)16(22)23/h2-6,9H,7-8H2,1H3,(H,22,23)/t9-,17?/m1/s1. The van der Waals surface area contributed by atoms with Crippen molar-refractivity contribution < 1.29 is 19.4 Å². The van der Waals surface area contributed by atoms with Crippen LogP contribution in [-0.2, 0) is 9.53 Å². The van der Waals surface area contributed by atoms with E-state index in [-0.39, 0.29) is 12.7 Å². The first kappa shape index (κ1) is 17.7. The van der Waals surface area contributed by atoms with Crippen LogP contribution in [0.5, 0.6) is 5.75 Å². The van der Waals surface area contributed by atoms with Crippen LogP contribution in [0.1, 0.15) is 18.7 Å². The number of aliphatic carboxylic acids is 1. The van der Waals surface area contributed by atoms with Crippen LogP contribution in [-0.4, -0.2) is 34.3 Å². The summed E-state index contributed by atoms with van der Waals surface area (Å²) in [5.74, 6) is 0.00495. The van der Waals surface area contributed by atoms with Gasteiger partial charge in [-0.25, -0.2) is 4.79 Å². The first-order valence-electron chi connectivity index (χ1n) is 7.80. The zero-order valence-electron chi connectivity index (χ0n) is 13.6. The molecule has 0 amide bonds. The zero-order chi connectivity index (χ0) is 18.5. The minimum atomic E-state index is -1.27. The number of benzene rings is 1. The number of carboxylic acid groups (broad SMARTS) is 1. The molecule has 0 saturated carbocycles. The molecule has 2 aliphatic rings. The summed E-state index contributed by atoms with van der Waals surface area (Å²) < 4.78 is 11.2. The molecule has 9 heteroatoms. The quantitative estimate of drug-likeness (QED) is 0.736. The molecule has 2 atom stereocenters. The van der Waals surface area contributed by atoms with Gasteiger partial charge in [-0.3, -0.25) is 4.98 Å². The fourth-order valence-electron chi connectivity index (χ4n) is 2.79. The Balaban J connectivity index is 1.58. The van der Waals surface area contributed by atoms with Gasteiger partial charge in [-0.2, -0.15) is 0 Å². The minimum absolute atomic E-state index is 0.164. The van der Waals surface area contributed by atoms with Gasteiger partial charge in [-0.15, -0.1) is 11.8 Å². The van der Waals surface area contributed by atoms with Gasteiger partial charge in [0.05, 0.1) is 27.3 Å². The highest BCUT2D eigenvalue weighted by Gasteiger charge is 2.59. The summed E-state index contributed by atoms with van der Waals surface area (Å²) in [4.78, 5) is 18.4. The van der Waals surface area contributed by atoms with Crippen LogP contribution in [0, 0.1) is 0 Å². The summed E-state index contributed by atoms with van der Waals surface area (Å²) in [7, 11) is 0. The first-order valence-corrected chi connectivity index (χ1v) is 9.54. The summed E-state index contributed by atoms with van der Waals surface area (Å²) in [6, 6.07) is 7.10. The number of anilines is 1. The van der Waals surface area contributed by atoms with E-state index in [4.69, 9.17) is 32.7 Å². The van der Waals surface area contributed by atoms with Gasteiger partial charge < -0.3 is 19.5 Å². The third kappa shape index (κ3) is 2.99. The number of pyridine rings is 1. The van der Waals surface area contributed by atoms with Crippen molar-refractivity contribution in [1.82, 2.24) is 4.98 Å². The Morgan fingerprint density at radius 1 is 1.46 bits per heavy atom. The van der Waals surface area contributed by atoms with E-state index in [0.29, 0.717) is 21.7 Å². The van der Waals surface area contributed by atoms with Gasteiger partial charge in [0.1, 0.15) is 18.5 Å². The lowest BCUT2D eigenvalue weighted by molar-refractivity contribution is -0.143. The number of thioether (sulfide) groups is 1. The van der Waals surface area contributed by atoms with Crippen molar-refractivity contribution in [2.45, 2.75) is 23.6 Å². The van der Waals surface area contributed by atoms with E-state index in [1.807, 2.05) is 13.0 Å². The molecule has 2 aromatic rings. The van der Waals surface area contributed by atoms with Crippen molar-refractivity contribution in [2.75, 3.05) is 17.4 Å². The zero-order valence-corrected chi connectivity index (χ0v) is 15.9. The summed E-state index contributed by atoms with van der Waals surface area (Å²) >= 11 is 13.8. The van der Waals surface area contributed by atoms with Crippen LogP contribution >= 0.6 is 35.0 Å². The van der Waals surface area contributed by atoms with Crippen LogP contribution in [0.2, 0.25) is 10.0 Å². The molecule has 0 bridgehead atoms. The average Bonchev–Trinajstić information content (AvgIpc) is 3.32. The number of ether oxygens (including phenoxy) is 2. The second-order valence-electron chi connectivity index (χ2n) is 5.99. The molecule has 1 unspecified atom stereocenters. The second kappa shape index (κ2) is 6.49. The molecule has 1 aromatic carbocycles. The molecule has 2 aliphatic heterocycles. The maximum Gasteiger partial charge on any atom is 0.360 e. The van der Waals surface area contributed by atoms with Gasteiger partial charge in [-0.1, -0.05) is 23.2 Å². The van der Waals surface area contributed by atoms with Crippen LogP contribution in [0.3, 0.4) is 0 Å². The monoisotopic (exact) mass is 412 g/mol. The molecule has 0 spiro atoms. The molecule has 26 heavy (non-hydrogen) atoms. The first-order chi connectivity index (χ1) is 12.4. The highest BCUT2D eigenvalue weighted by molar-refractivity contribution is 7.99. The molecule has 1 fully saturated rings. The van der Waals surface area contributed by atoms with Gasteiger partial charge in [-0.05, 0) is 31.2 Å². The summed E-state index contributed by atoms with van der Waals surface area (Å²) in [5, 5.41) is 10.4. The maximum absolute atomic E-state index is 11.5. The Labute approximate surface area is 164 Å². The fourth-order valence-corrected chi connectivity index (χ4v) is 4.22. The third-order valence-electron chi connectivity index (χ3n) is 4.31. The number of aromatic nitrogens is 1. The molecule has 3 heterocycles. The van der Waals surface area contributed by atoms with Crippen LogP contribution in [0.4, 0.5) is 5.69 Å². The van der Waals surface area contributed by atoms with Crippen molar-refractivity contribution >= 4 is 46.6 Å². The van der Waals surface area contributed by atoms with E-state index in [2.05, 4.69) is 4.98 Å². The van der Waals surface area contributed by atoms with E-state index < -0.39 is 11.7 Å². The topological polar surface area (TPSA) is 75.2 Å². The number of fused-ring (bicyclic) bond motifs is 1. The highest BCUT2D eigenvalue weighted by atomic mass is 35.5. The van der Waals surface area contributed by atoms with Crippen molar-refractivity contribution in [3.63, 3.8) is 0 Å². The number of nitrogens with zero attached hydrogens (tertiary/aromatic N) is 2. The number of carboxylic acids is 1. The predicted octanol–water partition coefficient (Wildman–Crippen LogP) is 4.21. The molecular weight excluding hydrogens is 399 g/mol. The van der Waals surface area contributed by atoms with Gasteiger partial charge in [0.15, 0.2) is 0 Å². The molecule has 1 aromatic heterocycles. The lowest BCUT2D eigenvalue weighted by atomic mass is 10.2. The fraction of sp³-hybridized carbons (Fsp3) is 0.294. The Hall–Kier alpha value is -1.67. The second-order valence-corrected chi connectivity index (χ2v) is 7.82. The Kier molecular flexibility index (Phi) is 4.43. The number of carbonyl (C=O) groups is 1. The Morgan fingerprint density at radius 2 is 2.23 bits per heavy atom. The molecule has 6 nitrogen and oxygen atoms in total. The Bertz CT molecular complexity index is 874. The molecular formula is C17H14Cl2N2O4S. The average molecular weight is 413 g/mol. The number of hydrogen-bond donors (Lipinski definition) is 1. The van der Waals surface area contributed by atoms with Crippen molar-refractivity contribution in [2.24, 2.45) is 0 Å². The van der Waals surface area contributed by atoms with E-state index in [9.17, 15) is 9.90 Å². The van der Waals surface area contributed by atoms with Crippen LogP contribution < -0.4 is 9.64 Å². The van der Waals surface area contributed by atoms with Gasteiger partial charge in [0.25, 0.3) is 5.72 Å². The lowest BCUT2D eigenvalue weighted by Gasteiger charge is -2.23. The van der Waals surface area contributed by atoms with E-state index >= 15 is 0 Å². The minimum Gasteiger partial charge on any atom is -0.483 e. The number of halogens is 2. The molecule has 136 valence electrons. The van der Waals surface area contributed by atoms with Gasteiger partial charge >= 0.3 is 5.97 Å². The highest BCUT2D eigenvalue weighted by Crippen LogP contribution is 2.50. The molecule has 1 N–H and O–H groups in total. The summed E-state index contributed by atoms with van der Waals surface area (Å²) in [6.07, 6.45) is 1.25. The van der Waals surface area contributed by atoms with Crippen molar-refractivity contribution in [1.29, 1.82) is 0 Å². The van der Waals surface area contributed by atoms with E-state index in [1.165, 1.54) is 11.8 Å². The van der Waals surface area contributed by atoms with Gasteiger partial charge in [0.2, 0.25) is 0 Å². The van der Waals surface area contributed by atoms with E-state index in [0.717, 1.165) is 16.3 Å². The number of rotatable bonds is 5. The van der Waals surface area contributed by atoms with E-state index in [1.54, 1.807) is 29.3 Å². The summed E-state index contributed by atoms with van der Waals surface area (Å²) in [5.41, 5.74) is 0.200. The van der Waals surface area contributed by atoms with Crippen LogP contribution in [0.15, 0.2) is 35.4 Å². The molecule has 1 saturated heterocycles. The number of epoxide rings is 1. The molecule has 0 aliphatic carbocycles. The van der Waals surface area contributed by atoms with Crippen molar-refractivity contribution in [3.8, 4) is 5.75 Å². The Morgan fingerprint density at radius 3 is 2.85 bits per heavy atom. The SMILES string of the molecule is C[C@@H](Oc1cc2c(cc1Cl)N(C1(C(=O)O)CO1)CS2)c1ccc(Cl)cn1. The van der Waals surface area contributed by atoms with Crippen molar-refractivity contribution in [3.05, 3.63) is 46.2 Å². The molecule has 4 rings (SSSR count).